The maximum absolute atomic E-state index is 9.68. The second-order valence-corrected chi connectivity index (χ2v) is 3.75. The van der Waals surface area contributed by atoms with Gasteiger partial charge in [-0.1, -0.05) is 6.08 Å². The maximum Gasteiger partial charge on any atom is 0.397 e. The minimum Gasteiger partial charge on any atom is -0.377 e. The highest BCUT2D eigenvalue weighted by Crippen LogP contribution is 1.83. The molecule has 0 saturated heterocycles. The first-order valence-corrected chi connectivity index (χ1v) is 4.67. The zero-order chi connectivity index (χ0) is 11.1. The van der Waals surface area contributed by atoms with Gasteiger partial charge in [-0.25, -0.2) is 4.18 Å². The van der Waals surface area contributed by atoms with Gasteiger partial charge in [-0.15, -0.1) is 6.58 Å². The lowest BCUT2D eigenvalue weighted by Crippen LogP contribution is -2.30. The standard InChI is InChI=1S/C3H9NO.C3H6O4S/c1-3(2,4)5;1-2-3-7-8(4,5)6/h5H,4H2,1-2H3;2H,1,3H2,(H,4,5,6). The van der Waals surface area contributed by atoms with Gasteiger partial charge < -0.3 is 10.8 Å². The van der Waals surface area contributed by atoms with Crippen LogP contribution in [0, 0.1) is 0 Å². The summed E-state index contributed by atoms with van der Waals surface area (Å²) in [6.45, 7) is 6.01. The molecule has 0 radical (unpaired) electrons. The summed E-state index contributed by atoms with van der Waals surface area (Å²) in [5, 5.41) is 8.30. The van der Waals surface area contributed by atoms with Crippen molar-refractivity contribution < 1.29 is 22.3 Å². The number of hydrogen-bond acceptors (Lipinski definition) is 5. The van der Waals surface area contributed by atoms with E-state index in [4.69, 9.17) is 15.4 Å². The molecule has 0 heterocycles. The molecule has 0 aliphatic carbocycles. The molecule has 6 nitrogen and oxygen atoms in total. The SMILES string of the molecule is C=CCOS(=O)(=O)O.CC(C)(N)O. The molecule has 0 saturated carbocycles. The zero-order valence-corrected chi connectivity index (χ0v) is 8.41. The van der Waals surface area contributed by atoms with E-state index < -0.39 is 16.1 Å². The molecule has 0 unspecified atom stereocenters. The van der Waals surface area contributed by atoms with E-state index in [1.54, 1.807) is 0 Å². The zero-order valence-electron chi connectivity index (χ0n) is 7.60. The van der Waals surface area contributed by atoms with E-state index in [0.29, 0.717) is 0 Å². The summed E-state index contributed by atoms with van der Waals surface area (Å²) in [6, 6.07) is 0. The topological polar surface area (TPSA) is 110 Å². The quantitative estimate of drug-likeness (QED) is 0.336. The predicted octanol–water partition coefficient (Wildman–Crippen LogP) is -0.335. The van der Waals surface area contributed by atoms with Crippen molar-refractivity contribution in [3.05, 3.63) is 12.7 Å². The molecule has 0 spiro atoms. The average molecular weight is 213 g/mol. The molecule has 4 N–H and O–H groups in total. The molecule has 0 rings (SSSR count). The highest BCUT2D eigenvalue weighted by molar-refractivity contribution is 7.80. The largest absolute Gasteiger partial charge is 0.397 e. The lowest BCUT2D eigenvalue weighted by Gasteiger charge is -2.05. The van der Waals surface area contributed by atoms with Crippen molar-refractivity contribution in [1.82, 2.24) is 0 Å². The van der Waals surface area contributed by atoms with Gasteiger partial charge in [-0.05, 0) is 13.8 Å². The Morgan fingerprint density at radius 2 is 1.92 bits per heavy atom. The lowest BCUT2D eigenvalue weighted by molar-refractivity contribution is 0.0881. The molecule has 0 aromatic carbocycles. The molecule has 0 bridgehead atoms. The van der Waals surface area contributed by atoms with Crippen LogP contribution in [0.5, 0.6) is 0 Å². The molecule has 0 aliphatic rings. The third-order valence-corrected chi connectivity index (χ3v) is 0.769. The van der Waals surface area contributed by atoms with E-state index in [1.807, 2.05) is 0 Å². The van der Waals surface area contributed by atoms with Crippen LogP contribution in [0.4, 0.5) is 0 Å². The lowest BCUT2D eigenvalue weighted by atomic mass is 10.4. The minimum absolute atomic E-state index is 0.196. The van der Waals surface area contributed by atoms with Crippen LogP contribution >= 0.6 is 0 Å². The van der Waals surface area contributed by atoms with E-state index >= 15 is 0 Å². The monoisotopic (exact) mass is 213 g/mol. The molecule has 13 heavy (non-hydrogen) atoms. The Morgan fingerprint density at radius 3 is 2.00 bits per heavy atom. The highest BCUT2D eigenvalue weighted by Gasteiger charge is 1.99. The second kappa shape index (κ2) is 6.06. The van der Waals surface area contributed by atoms with Crippen LogP contribution < -0.4 is 5.73 Å². The summed E-state index contributed by atoms with van der Waals surface area (Å²) in [6.07, 6.45) is 1.22. The molecular weight excluding hydrogens is 198 g/mol. The Morgan fingerprint density at radius 1 is 1.62 bits per heavy atom. The molecule has 80 valence electrons. The molecule has 0 aliphatic heterocycles. The van der Waals surface area contributed by atoms with Gasteiger partial charge in [0.25, 0.3) is 0 Å². The summed E-state index contributed by atoms with van der Waals surface area (Å²) >= 11 is 0. The van der Waals surface area contributed by atoms with Gasteiger partial charge in [0.05, 0.1) is 6.61 Å². The molecule has 0 atom stereocenters. The smallest absolute Gasteiger partial charge is 0.377 e. The number of nitrogens with two attached hydrogens (primary N) is 1. The first-order valence-electron chi connectivity index (χ1n) is 3.30. The van der Waals surface area contributed by atoms with Crippen molar-refractivity contribution in [3.8, 4) is 0 Å². The molecular formula is C6H15NO5S. The van der Waals surface area contributed by atoms with Gasteiger partial charge in [-0.2, -0.15) is 8.42 Å². The Balaban J connectivity index is 0. The van der Waals surface area contributed by atoms with Crippen LogP contribution in [0.1, 0.15) is 13.8 Å². The van der Waals surface area contributed by atoms with E-state index in [2.05, 4.69) is 10.8 Å². The molecule has 0 aromatic heterocycles. The van der Waals surface area contributed by atoms with Gasteiger partial charge in [0.1, 0.15) is 5.72 Å². The number of hydrogen-bond donors (Lipinski definition) is 3. The van der Waals surface area contributed by atoms with Crippen molar-refractivity contribution in [3.63, 3.8) is 0 Å². The maximum atomic E-state index is 9.68. The van der Waals surface area contributed by atoms with Gasteiger partial charge in [-0.3, -0.25) is 4.55 Å². The van der Waals surface area contributed by atoms with Crippen molar-refractivity contribution >= 4 is 10.4 Å². The van der Waals surface area contributed by atoms with E-state index in [0.717, 1.165) is 0 Å². The van der Waals surface area contributed by atoms with Crippen LogP contribution in [0.3, 0.4) is 0 Å². The Hall–Kier alpha value is -0.470. The summed E-state index contributed by atoms with van der Waals surface area (Å²) in [5.74, 6) is 0. The van der Waals surface area contributed by atoms with Crippen molar-refractivity contribution in [2.75, 3.05) is 6.61 Å². The number of aliphatic hydroxyl groups is 1. The van der Waals surface area contributed by atoms with Gasteiger partial charge in [0, 0.05) is 0 Å². The van der Waals surface area contributed by atoms with Gasteiger partial charge >= 0.3 is 10.4 Å². The molecule has 7 heteroatoms. The molecule has 0 amide bonds. The Bertz CT molecular complexity index is 222. The van der Waals surface area contributed by atoms with Crippen LogP contribution in [0.2, 0.25) is 0 Å². The third-order valence-electron chi connectivity index (χ3n) is 0.335. The van der Waals surface area contributed by atoms with Crippen molar-refractivity contribution in [1.29, 1.82) is 0 Å². The van der Waals surface area contributed by atoms with Gasteiger partial charge in [0.15, 0.2) is 0 Å². The average Bonchev–Trinajstić information content (AvgIpc) is 1.77. The summed E-state index contributed by atoms with van der Waals surface area (Å²) in [5.41, 5.74) is 3.91. The fraction of sp³-hybridized carbons (Fsp3) is 0.667. The van der Waals surface area contributed by atoms with Crippen molar-refractivity contribution in [2.24, 2.45) is 5.73 Å². The first-order chi connectivity index (χ1) is 5.56. The Labute approximate surface area is 78.0 Å². The normalized spacial score (nSPS) is 11.5. The second-order valence-electron chi connectivity index (χ2n) is 2.65. The van der Waals surface area contributed by atoms with Crippen molar-refractivity contribution in [2.45, 2.75) is 19.6 Å². The minimum atomic E-state index is -4.26. The summed E-state index contributed by atoms with van der Waals surface area (Å²) < 4.78 is 31.0. The molecule has 0 aromatic rings. The summed E-state index contributed by atoms with van der Waals surface area (Å²) in [4.78, 5) is 0. The Kier molecular flexibility index (Phi) is 7.00. The predicted molar refractivity (Wildman–Crippen MR) is 48.2 cm³/mol. The number of rotatable bonds is 3. The van der Waals surface area contributed by atoms with E-state index in [9.17, 15) is 8.42 Å². The summed E-state index contributed by atoms with van der Waals surface area (Å²) in [7, 11) is -4.26. The van der Waals surface area contributed by atoms with Crippen LogP contribution in [-0.2, 0) is 14.6 Å². The fourth-order valence-electron chi connectivity index (χ4n) is 0.134. The van der Waals surface area contributed by atoms with E-state index in [1.165, 1.54) is 19.9 Å². The van der Waals surface area contributed by atoms with Crippen LogP contribution in [-0.4, -0.2) is 30.4 Å². The molecule has 0 fully saturated rings. The fourth-order valence-corrected chi connectivity index (χ4v) is 0.402. The van der Waals surface area contributed by atoms with E-state index in [-0.39, 0.29) is 6.61 Å². The first kappa shape index (κ1) is 15.0. The highest BCUT2D eigenvalue weighted by atomic mass is 32.3. The van der Waals surface area contributed by atoms with Crippen LogP contribution in [0.15, 0.2) is 12.7 Å². The van der Waals surface area contributed by atoms with Gasteiger partial charge in [0.2, 0.25) is 0 Å². The van der Waals surface area contributed by atoms with Crippen LogP contribution in [0.25, 0.3) is 0 Å². The third kappa shape index (κ3) is 51.0.